The normalized spacial score (nSPS) is 21.6. The van der Waals surface area contributed by atoms with E-state index in [4.69, 9.17) is 4.98 Å². The van der Waals surface area contributed by atoms with Gasteiger partial charge in [0, 0.05) is 4.88 Å². The highest BCUT2D eigenvalue weighted by molar-refractivity contribution is 7.11. The second-order valence-electron chi connectivity index (χ2n) is 5.19. The maximum Gasteiger partial charge on any atom is 0.118 e. The van der Waals surface area contributed by atoms with Gasteiger partial charge in [0.1, 0.15) is 5.01 Å². The quantitative estimate of drug-likeness (QED) is 0.926. The van der Waals surface area contributed by atoms with E-state index in [-0.39, 0.29) is 5.54 Å². The van der Waals surface area contributed by atoms with E-state index >= 15 is 0 Å². The number of nitrogens with zero attached hydrogens (tertiary/aromatic N) is 1. The fraction of sp³-hybridized carbons (Fsp3) is 0.438. The molecule has 1 atom stereocenters. The molecular formula is C16H20N2S. The van der Waals surface area contributed by atoms with Crippen LogP contribution in [0.4, 0.5) is 0 Å². The van der Waals surface area contributed by atoms with Crippen LogP contribution in [0.3, 0.4) is 0 Å². The lowest BCUT2D eigenvalue weighted by molar-refractivity contribution is 0.433. The van der Waals surface area contributed by atoms with Crippen LogP contribution in [0.25, 0.3) is 0 Å². The fourth-order valence-corrected chi connectivity index (χ4v) is 4.38. The molecule has 1 aromatic carbocycles. The Morgan fingerprint density at radius 1 is 1.37 bits per heavy atom. The number of fused-ring (bicyclic) bond motifs is 1. The highest BCUT2D eigenvalue weighted by atomic mass is 32.1. The first-order valence-corrected chi connectivity index (χ1v) is 7.77. The standard InChI is InChI=1S/C16H20N2S/c1-4-14-11(2)19-15(18-14)16(17-3)10-9-12-7-5-6-8-13(12)16/h5-8,17H,4,9-10H2,1-3H3. The van der Waals surface area contributed by atoms with Crippen LogP contribution in [-0.2, 0) is 18.4 Å². The molecule has 1 aliphatic rings. The smallest absolute Gasteiger partial charge is 0.118 e. The van der Waals surface area contributed by atoms with Gasteiger partial charge in [-0.05, 0) is 44.4 Å². The fourth-order valence-electron chi connectivity index (χ4n) is 3.14. The highest BCUT2D eigenvalue weighted by Crippen LogP contribution is 2.43. The van der Waals surface area contributed by atoms with E-state index in [0.29, 0.717) is 0 Å². The predicted octanol–water partition coefficient (Wildman–Crippen LogP) is 3.42. The van der Waals surface area contributed by atoms with Gasteiger partial charge in [-0.15, -0.1) is 11.3 Å². The van der Waals surface area contributed by atoms with Crippen molar-refractivity contribution >= 4 is 11.3 Å². The van der Waals surface area contributed by atoms with Gasteiger partial charge < -0.3 is 5.32 Å². The minimum Gasteiger partial charge on any atom is -0.305 e. The van der Waals surface area contributed by atoms with Crippen molar-refractivity contribution in [3.63, 3.8) is 0 Å². The average Bonchev–Trinajstić information content (AvgIpc) is 3.00. The molecule has 1 aromatic heterocycles. The van der Waals surface area contributed by atoms with E-state index < -0.39 is 0 Å². The van der Waals surface area contributed by atoms with Crippen molar-refractivity contribution in [3.05, 3.63) is 51.0 Å². The summed E-state index contributed by atoms with van der Waals surface area (Å²) in [4.78, 5) is 6.27. The number of aryl methyl sites for hydroxylation is 3. The molecule has 1 N–H and O–H groups in total. The van der Waals surface area contributed by atoms with E-state index in [1.54, 1.807) is 0 Å². The zero-order valence-corrected chi connectivity index (χ0v) is 12.6. The van der Waals surface area contributed by atoms with Crippen LogP contribution in [0.1, 0.15) is 40.1 Å². The van der Waals surface area contributed by atoms with Gasteiger partial charge in [0.25, 0.3) is 0 Å². The molecule has 0 fully saturated rings. The molecule has 0 spiro atoms. The van der Waals surface area contributed by atoms with E-state index in [1.807, 2.05) is 11.3 Å². The Labute approximate surface area is 118 Å². The summed E-state index contributed by atoms with van der Waals surface area (Å²) in [5.74, 6) is 0. The number of rotatable bonds is 3. The maximum absolute atomic E-state index is 4.91. The molecule has 100 valence electrons. The monoisotopic (exact) mass is 272 g/mol. The zero-order chi connectivity index (χ0) is 13.5. The molecule has 3 rings (SSSR count). The first-order chi connectivity index (χ1) is 9.21. The second kappa shape index (κ2) is 4.73. The second-order valence-corrected chi connectivity index (χ2v) is 6.39. The molecular weight excluding hydrogens is 252 g/mol. The van der Waals surface area contributed by atoms with E-state index in [9.17, 15) is 0 Å². The Morgan fingerprint density at radius 3 is 2.84 bits per heavy atom. The van der Waals surface area contributed by atoms with Crippen molar-refractivity contribution < 1.29 is 0 Å². The third-order valence-corrected chi connectivity index (χ3v) is 5.44. The first-order valence-electron chi connectivity index (χ1n) is 6.95. The molecule has 1 heterocycles. The van der Waals surface area contributed by atoms with Gasteiger partial charge in [0.2, 0.25) is 0 Å². The molecule has 0 saturated carbocycles. The summed E-state index contributed by atoms with van der Waals surface area (Å²) in [7, 11) is 2.06. The van der Waals surface area contributed by atoms with E-state index in [0.717, 1.165) is 19.3 Å². The molecule has 0 aliphatic heterocycles. The van der Waals surface area contributed by atoms with Crippen molar-refractivity contribution in [2.24, 2.45) is 0 Å². The minimum atomic E-state index is -0.0700. The first kappa shape index (κ1) is 12.8. The van der Waals surface area contributed by atoms with Crippen molar-refractivity contribution in [2.75, 3.05) is 7.05 Å². The topological polar surface area (TPSA) is 24.9 Å². The predicted molar refractivity (Wildman–Crippen MR) is 80.8 cm³/mol. The van der Waals surface area contributed by atoms with Crippen LogP contribution in [0.15, 0.2) is 24.3 Å². The third kappa shape index (κ3) is 1.84. The molecule has 1 aliphatic carbocycles. The average molecular weight is 272 g/mol. The zero-order valence-electron chi connectivity index (χ0n) is 11.8. The number of aromatic nitrogens is 1. The summed E-state index contributed by atoms with van der Waals surface area (Å²) >= 11 is 1.85. The Kier molecular flexibility index (Phi) is 3.19. The molecule has 0 radical (unpaired) electrons. The van der Waals surface area contributed by atoms with Crippen molar-refractivity contribution in [2.45, 2.75) is 38.6 Å². The lowest BCUT2D eigenvalue weighted by Gasteiger charge is -2.27. The number of hydrogen-bond donors (Lipinski definition) is 1. The SMILES string of the molecule is CCc1nc(C2(NC)CCc3ccccc32)sc1C. The summed E-state index contributed by atoms with van der Waals surface area (Å²) < 4.78 is 0. The Balaban J connectivity index is 2.15. The largest absolute Gasteiger partial charge is 0.305 e. The van der Waals surface area contributed by atoms with Gasteiger partial charge in [0.15, 0.2) is 0 Å². The number of hydrogen-bond acceptors (Lipinski definition) is 3. The molecule has 2 aromatic rings. The van der Waals surface area contributed by atoms with Crippen LogP contribution in [-0.4, -0.2) is 12.0 Å². The van der Waals surface area contributed by atoms with Gasteiger partial charge in [-0.25, -0.2) is 4.98 Å². The van der Waals surface area contributed by atoms with Crippen LogP contribution in [0.5, 0.6) is 0 Å². The summed E-state index contributed by atoms with van der Waals surface area (Å²) in [5, 5.41) is 4.79. The molecule has 1 unspecified atom stereocenters. The van der Waals surface area contributed by atoms with Gasteiger partial charge in [0.05, 0.1) is 11.2 Å². The lowest BCUT2D eigenvalue weighted by atomic mass is 9.92. The van der Waals surface area contributed by atoms with E-state index in [2.05, 4.69) is 50.5 Å². The number of nitrogens with one attached hydrogen (secondary N) is 1. The summed E-state index contributed by atoms with van der Waals surface area (Å²) in [6, 6.07) is 8.77. The summed E-state index contributed by atoms with van der Waals surface area (Å²) in [6.45, 7) is 4.37. The highest BCUT2D eigenvalue weighted by Gasteiger charge is 2.41. The van der Waals surface area contributed by atoms with Crippen molar-refractivity contribution in [3.8, 4) is 0 Å². The van der Waals surface area contributed by atoms with Gasteiger partial charge in [-0.3, -0.25) is 0 Å². The summed E-state index contributed by atoms with van der Waals surface area (Å²) in [5.41, 5.74) is 4.05. The van der Waals surface area contributed by atoms with Crippen LogP contribution >= 0.6 is 11.3 Å². The Hall–Kier alpha value is -1.19. The van der Waals surface area contributed by atoms with E-state index in [1.165, 1.54) is 26.7 Å². The summed E-state index contributed by atoms with van der Waals surface area (Å²) in [6.07, 6.45) is 3.26. The van der Waals surface area contributed by atoms with Crippen molar-refractivity contribution in [1.29, 1.82) is 0 Å². The molecule has 0 amide bonds. The lowest BCUT2D eigenvalue weighted by Crippen LogP contribution is -2.38. The molecule has 2 nitrogen and oxygen atoms in total. The molecule has 3 heteroatoms. The number of thiazole rings is 1. The Bertz CT molecular complexity index is 603. The number of benzene rings is 1. The van der Waals surface area contributed by atoms with Gasteiger partial charge >= 0.3 is 0 Å². The maximum atomic E-state index is 4.91. The van der Waals surface area contributed by atoms with Crippen LogP contribution in [0.2, 0.25) is 0 Å². The van der Waals surface area contributed by atoms with Crippen LogP contribution in [0, 0.1) is 6.92 Å². The van der Waals surface area contributed by atoms with Crippen LogP contribution < -0.4 is 5.32 Å². The van der Waals surface area contributed by atoms with Gasteiger partial charge in [-0.1, -0.05) is 31.2 Å². The van der Waals surface area contributed by atoms with Gasteiger partial charge in [-0.2, -0.15) is 0 Å². The molecule has 19 heavy (non-hydrogen) atoms. The molecule has 0 saturated heterocycles. The minimum absolute atomic E-state index is 0.0700. The third-order valence-electron chi connectivity index (χ3n) is 4.27. The van der Waals surface area contributed by atoms with Crippen molar-refractivity contribution in [1.82, 2.24) is 10.3 Å². The molecule has 0 bridgehead atoms. The Morgan fingerprint density at radius 2 is 2.16 bits per heavy atom.